The number of aromatic nitrogens is 2. The molecular formula is C18H12ClN3O. The summed E-state index contributed by atoms with van der Waals surface area (Å²) in [6, 6.07) is 19.0. The molecule has 1 amide bonds. The summed E-state index contributed by atoms with van der Waals surface area (Å²) in [7, 11) is 0. The van der Waals surface area contributed by atoms with Gasteiger partial charge in [-0.05, 0) is 46.6 Å². The van der Waals surface area contributed by atoms with E-state index < -0.39 is 0 Å². The molecule has 4 aromatic rings. The van der Waals surface area contributed by atoms with Crippen molar-refractivity contribution in [2.75, 3.05) is 5.32 Å². The highest BCUT2D eigenvalue weighted by Gasteiger charge is 2.10. The van der Waals surface area contributed by atoms with Crippen LogP contribution in [0.25, 0.3) is 21.8 Å². The lowest BCUT2D eigenvalue weighted by Crippen LogP contribution is -2.12. The van der Waals surface area contributed by atoms with Crippen LogP contribution in [0.15, 0.2) is 60.7 Å². The van der Waals surface area contributed by atoms with Crippen LogP contribution in [0.3, 0.4) is 0 Å². The lowest BCUT2D eigenvalue weighted by Gasteiger charge is -2.08. The van der Waals surface area contributed by atoms with Gasteiger partial charge in [0.2, 0.25) is 5.28 Å². The predicted octanol–water partition coefficient (Wildman–Crippen LogP) is 4.62. The van der Waals surface area contributed by atoms with Crippen LogP contribution in [-0.4, -0.2) is 15.9 Å². The first-order valence-corrected chi connectivity index (χ1v) is 7.53. The number of benzene rings is 3. The van der Waals surface area contributed by atoms with Crippen LogP contribution in [0.1, 0.15) is 10.4 Å². The van der Waals surface area contributed by atoms with Crippen LogP contribution in [0.5, 0.6) is 0 Å². The summed E-state index contributed by atoms with van der Waals surface area (Å²) in [5.74, 6) is -0.147. The first-order valence-electron chi connectivity index (χ1n) is 7.15. The summed E-state index contributed by atoms with van der Waals surface area (Å²) in [6.07, 6.45) is 0. The SMILES string of the molecule is O=C(Nc1ccc2nc(Cl)[nH]c2c1)c1cccc2ccccc12. The van der Waals surface area contributed by atoms with Gasteiger partial charge in [0, 0.05) is 11.3 Å². The largest absolute Gasteiger partial charge is 0.329 e. The standard InChI is InChI=1S/C18H12ClN3O/c19-18-21-15-9-8-12(10-16(15)22-18)20-17(23)14-7-3-5-11-4-1-2-6-13(11)14/h1-10H,(H,20,23)(H,21,22). The minimum atomic E-state index is -0.147. The van der Waals surface area contributed by atoms with Gasteiger partial charge in [-0.15, -0.1) is 0 Å². The number of fused-ring (bicyclic) bond motifs is 2. The van der Waals surface area contributed by atoms with Crippen molar-refractivity contribution in [3.05, 3.63) is 71.5 Å². The minimum absolute atomic E-state index is 0.147. The first kappa shape index (κ1) is 13.8. The van der Waals surface area contributed by atoms with Crippen LogP contribution < -0.4 is 5.32 Å². The Morgan fingerprint density at radius 1 is 1.04 bits per heavy atom. The van der Waals surface area contributed by atoms with Gasteiger partial charge < -0.3 is 10.3 Å². The van der Waals surface area contributed by atoms with Gasteiger partial charge in [-0.1, -0.05) is 36.4 Å². The van der Waals surface area contributed by atoms with Crippen molar-refractivity contribution in [3.63, 3.8) is 0 Å². The number of carbonyl (C=O) groups excluding carboxylic acids is 1. The number of aromatic amines is 1. The van der Waals surface area contributed by atoms with E-state index in [1.54, 1.807) is 0 Å². The fraction of sp³-hybridized carbons (Fsp3) is 0. The van der Waals surface area contributed by atoms with Gasteiger partial charge in [-0.2, -0.15) is 0 Å². The molecule has 0 aliphatic carbocycles. The Hall–Kier alpha value is -2.85. The molecule has 0 atom stereocenters. The molecule has 0 aliphatic rings. The predicted molar refractivity (Wildman–Crippen MR) is 93.0 cm³/mol. The van der Waals surface area contributed by atoms with Crippen LogP contribution in [0.2, 0.25) is 5.28 Å². The number of rotatable bonds is 2. The van der Waals surface area contributed by atoms with E-state index in [1.807, 2.05) is 60.7 Å². The van der Waals surface area contributed by atoms with Crippen LogP contribution in [0.4, 0.5) is 5.69 Å². The molecule has 4 nitrogen and oxygen atoms in total. The quantitative estimate of drug-likeness (QED) is 0.566. The number of carbonyl (C=O) groups is 1. The third-order valence-corrected chi connectivity index (χ3v) is 3.92. The Balaban J connectivity index is 1.70. The Labute approximate surface area is 137 Å². The van der Waals surface area contributed by atoms with Crippen LogP contribution >= 0.6 is 11.6 Å². The fourth-order valence-electron chi connectivity index (χ4n) is 2.68. The second kappa shape index (κ2) is 5.41. The van der Waals surface area contributed by atoms with Gasteiger partial charge in [0.1, 0.15) is 0 Å². The van der Waals surface area contributed by atoms with E-state index in [0.717, 1.165) is 21.8 Å². The molecule has 0 bridgehead atoms. The summed E-state index contributed by atoms with van der Waals surface area (Å²) in [5, 5.41) is 5.22. The minimum Gasteiger partial charge on any atom is -0.329 e. The molecule has 112 valence electrons. The zero-order valence-corrected chi connectivity index (χ0v) is 12.8. The molecule has 2 N–H and O–H groups in total. The average Bonchev–Trinajstić information content (AvgIpc) is 2.93. The van der Waals surface area contributed by atoms with Crippen molar-refractivity contribution >= 4 is 45.0 Å². The number of halogens is 1. The molecule has 3 aromatic carbocycles. The van der Waals surface area contributed by atoms with Gasteiger partial charge in [0.05, 0.1) is 11.0 Å². The van der Waals surface area contributed by atoms with Crippen molar-refractivity contribution in [1.29, 1.82) is 0 Å². The van der Waals surface area contributed by atoms with Gasteiger partial charge >= 0.3 is 0 Å². The highest BCUT2D eigenvalue weighted by Crippen LogP contribution is 2.22. The highest BCUT2D eigenvalue weighted by molar-refractivity contribution is 6.29. The van der Waals surface area contributed by atoms with Crippen molar-refractivity contribution in [3.8, 4) is 0 Å². The maximum absolute atomic E-state index is 12.6. The number of hydrogen-bond donors (Lipinski definition) is 2. The van der Waals surface area contributed by atoms with Gasteiger partial charge in [0.15, 0.2) is 0 Å². The molecule has 0 radical (unpaired) electrons. The van der Waals surface area contributed by atoms with E-state index in [4.69, 9.17) is 11.6 Å². The van der Waals surface area contributed by atoms with E-state index in [0.29, 0.717) is 16.5 Å². The van der Waals surface area contributed by atoms with Crippen molar-refractivity contribution in [1.82, 2.24) is 9.97 Å². The lowest BCUT2D eigenvalue weighted by atomic mass is 10.0. The van der Waals surface area contributed by atoms with Crippen molar-refractivity contribution in [2.24, 2.45) is 0 Å². The summed E-state index contributed by atoms with van der Waals surface area (Å²) < 4.78 is 0. The normalized spacial score (nSPS) is 11.0. The number of imidazole rings is 1. The molecule has 0 spiro atoms. The van der Waals surface area contributed by atoms with Crippen LogP contribution in [0, 0.1) is 0 Å². The zero-order valence-electron chi connectivity index (χ0n) is 12.0. The number of H-pyrrole nitrogens is 1. The highest BCUT2D eigenvalue weighted by atomic mass is 35.5. The molecule has 0 fully saturated rings. The lowest BCUT2D eigenvalue weighted by molar-refractivity contribution is 0.102. The molecule has 5 heteroatoms. The number of anilines is 1. The first-order chi connectivity index (χ1) is 11.2. The smallest absolute Gasteiger partial charge is 0.256 e. The number of nitrogens with zero attached hydrogens (tertiary/aromatic N) is 1. The molecule has 0 unspecified atom stereocenters. The van der Waals surface area contributed by atoms with Gasteiger partial charge in [-0.25, -0.2) is 4.98 Å². The van der Waals surface area contributed by atoms with E-state index in [-0.39, 0.29) is 5.91 Å². The van der Waals surface area contributed by atoms with Gasteiger partial charge in [0.25, 0.3) is 5.91 Å². The van der Waals surface area contributed by atoms with E-state index >= 15 is 0 Å². The molecule has 1 heterocycles. The summed E-state index contributed by atoms with van der Waals surface area (Å²) >= 11 is 5.85. The van der Waals surface area contributed by atoms with Gasteiger partial charge in [-0.3, -0.25) is 4.79 Å². The third kappa shape index (κ3) is 2.53. The molecule has 0 saturated heterocycles. The number of nitrogens with one attached hydrogen (secondary N) is 2. The second-order valence-electron chi connectivity index (χ2n) is 5.24. The van der Waals surface area contributed by atoms with E-state index in [2.05, 4.69) is 15.3 Å². The van der Waals surface area contributed by atoms with E-state index in [9.17, 15) is 4.79 Å². The maximum atomic E-state index is 12.6. The van der Waals surface area contributed by atoms with Crippen LogP contribution in [-0.2, 0) is 0 Å². The summed E-state index contributed by atoms with van der Waals surface area (Å²) in [4.78, 5) is 19.7. The number of amides is 1. The molecule has 4 rings (SSSR count). The molecule has 0 aliphatic heterocycles. The van der Waals surface area contributed by atoms with Crippen molar-refractivity contribution < 1.29 is 4.79 Å². The Kier molecular flexibility index (Phi) is 3.24. The fourth-order valence-corrected chi connectivity index (χ4v) is 2.87. The van der Waals surface area contributed by atoms with Crippen molar-refractivity contribution in [2.45, 2.75) is 0 Å². The average molecular weight is 322 g/mol. The summed E-state index contributed by atoms with van der Waals surface area (Å²) in [6.45, 7) is 0. The monoisotopic (exact) mass is 321 g/mol. The Morgan fingerprint density at radius 3 is 2.78 bits per heavy atom. The number of hydrogen-bond acceptors (Lipinski definition) is 2. The Morgan fingerprint density at radius 2 is 1.87 bits per heavy atom. The summed E-state index contributed by atoms with van der Waals surface area (Å²) in [5.41, 5.74) is 2.88. The molecule has 23 heavy (non-hydrogen) atoms. The van der Waals surface area contributed by atoms with E-state index in [1.165, 1.54) is 0 Å². The Bertz CT molecular complexity index is 1030. The maximum Gasteiger partial charge on any atom is 0.256 e. The zero-order chi connectivity index (χ0) is 15.8. The second-order valence-corrected chi connectivity index (χ2v) is 5.60. The molecular weight excluding hydrogens is 310 g/mol. The molecule has 0 saturated carbocycles. The molecule has 1 aromatic heterocycles. The third-order valence-electron chi connectivity index (χ3n) is 3.75. The topological polar surface area (TPSA) is 57.8 Å².